The Labute approximate surface area is 90.8 Å². The van der Waals surface area contributed by atoms with E-state index in [4.69, 9.17) is 11.5 Å². The predicted octanol–water partition coefficient (Wildman–Crippen LogP) is 2.07. The number of nitrogens with one attached hydrogen (secondary N) is 1. The van der Waals surface area contributed by atoms with E-state index in [1.54, 1.807) is 0 Å². The van der Waals surface area contributed by atoms with Crippen LogP contribution in [-0.2, 0) is 6.42 Å². The Hall–Kier alpha value is -1.38. The summed E-state index contributed by atoms with van der Waals surface area (Å²) >= 11 is 0. The molecular weight excluding hydrogens is 186 g/mol. The van der Waals surface area contributed by atoms with Gasteiger partial charge in [-0.15, -0.1) is 0 Å². The van der Waals surface area contributed by atoms with Crippen LogP contribution in [0.5, 0.6) is 0 Å². The third-order valence-electron chi connectivity index (χ3n) is 3.45. The molecule has 3 nitrogen and oxygen atoms in total. The van der Waals surface area contributed by atoms with Gasteiger partial charge in [0.25, 0.3) is 0 Å². The number of fused-ring (bicyclic) bond motifs is 1. The number of hydrogen-bond donors (Lipinski definition) is 3. The van der Waals surface area contributed by atoms with Crippen molar-refractivity contribution in [3.63, 3.8) is 0 Å². The van der Waals surface area contributed by atoms with Gasteiger partial charge < -0.3 is 16.8 Å². The monoisotopic (exact) mass is 205 g/mol. The van der Waals surface area contributed by atoms with Crippen LogP contribution >= 0.6 is 0 Å². The minimum Gasteiger partial charge on any atom is -0.398 e. The minimum absolute atomic E-state index is 0.626. The van der Waals surface area contributed by atoms with Gasteiger partial charge in [0.05, 0.1) is 11.4 Å². The summed E-state index contributed by atoms with van der Waals surface area (Å²) in [5.41, 5.74) is 18.5. The molecule has 1 aromatic carbocycles. The minimum atomic E-state index is 0.626. The molecule has 0 spiro atoms. The predicted molar refractivity (Wildman–Crippen MR) is 66.1 cm³/mol. The third-order valence-corrected chi connectivity index (χ3v) is 3.45. The highest BCUT2D eigenvalue weighted by atomic mass is 14.9. The number of hydrogen-bond acceptors (Lipinski definition) is 3. The van der Waals surface area contributed by atoms with Gasteiger partial charge in [-0.1, -0.05) is 6.92 Å². The van der Waals surface area contributed by atoms with Crippen LogP contribution in [0.1, 0.15) is 23.6 Å². The number of anilines is 3. The smallest absolute Gasteiger partial charge is 0.0630 e. The summed E-state index contributed by atoms with van der Waals surface area (Å²) in [6.45, 7) is 7.28. The maximum atomic E-state index is 6.14. The Morgan fingerprint density at radius 3 is 2.40 bits per heavy atom. The van der Waals surface area contributed by atoms with Gasteiger partial charge in [-0.05, 0) is 37.3 Å². The van der Waals surface area contributed by atoms with Crippen LogP contribution in [0.15, 0.2) is 0 Å². The van der Waals surface area contributed by atoms with Crippen molar-refractivity contribution in [2.45, 2.75) is 27.2 Å². The second-order valence-electron chi connectivity index (χ2n) is 4.62. The Morgan fingerprint density at radius 2 is 1.73 bits per heavy atom. The van der Waals surface area contributed by atoms with E-state index in [-0.39, 0.29) is 0 Å². The molecule has 1 aliphatic heterocycles. The van der Waals surface area contributed by atoms with Gasteiger partial charge in [0.2, 0.25) is 0 Å². The third kappa shape index (κ3) is 1.42. The lowest BCUT2D eigenvalue weighted by atomic mass is 9.89. The van der Waals surface area contributed by atoms with Crippen molar-refractivity contribution in [3.05, 3.63) is 16.7 Å². The van der Waals surface area contributed by atoms with Crippen LogP contribution in [-0.4, -0.2) is 6.54 Å². The van der Waals surface area contributed by atoms with E-state index < -0.39 is 0 Å². The Kier molecular flexibility index (Phi) is 2.25. The molecule has 1 aromatic rings. The molecule has 0 radical (unpaired) electrons. The first-order chi connectivity index (χ1) is 7.02. The standard InChI is InChI=1S/C12H19N3/c1-6-4-9-10(13)7(2)8(3)11(14)12(9)15-5-6/h6,15H,4-5,13-14H2,1-3H3. The van der Waals surface area contributed by atoms with Crippen molar-refractivity contribution < 1.29 is 0 Å². The first-order valence-electron chi connectivity index (χ1n) is 5.43. The molecular formula is C12H19N3. The summed E-state index contributed by atoms with van der Waals surface area (Å²) < 4.78 is 0. The van der Waals surface area contributed by atoms with Gasteiger partial charge in [-0.2, -0.15) is 0 Å². The molecule has 0 amide bonds. The summed E-state index contributed by atoms with van der Waals surface area (Å²) in [7, 11) is 0. The zero-order valence-corrected chi connectivity index (χ0v) is 9.65. The first-order valence-corrected chi connectivity index (χ1v) is 5.43. The highest BCUT2D eigenvalue weighted by Gasteiger charge is 2.22. The molecule has 2 rings (SSSR count). The van der Waals surface area contributed by atoms with Crippen molar-refractivity contribution in [1.29, 1.82) is 0 Å². The molecule has 0 aromatic heterocycles. The van der Waals surface area contributed by atoms with Gasteiger partial charge >= 0.3 is 0 Å². The molecule has 5 N–H and O–H groups in total. The highest BCUT2D eigenvalue weighted by molar-refractivity contribution is 5.83. The van der Waals surface area contributed by atoms with E-state index in [1.807, 2.05) is 13.8 Å². The van der Waals surface area contributed by atoms with Crippen LogP contribution in [0.3, 0.4) is 0 Å². The van der Waals surface area contributed by atoms with Crippen LogP contribution in [0.4, 0.5) is 17.1 Å². The largest absolute Gasteiger partial charge is 0.398 e. The zero-order valence-electron chi connectivity index (χ0n) is 9.65. The molecule has 3 heteroatoms. The molecule has 0 bridgehead atoms. The average molecular weight is 205 g/mol. The normalized spacial score (nSPS) is 19.5. The molecule has 0 saturated heterocycles. The molecule has 0 aliphatic carbocycles. The Bertz CT molecular complexity index is 410. The van der Waals surface area contributed by atoms with E-state index in [2.05, 4.69) is 12.2 Å². The average Bonchev–Trinajstić information content (AvgIpc) is 2.23. The first kappa shape index (κ1) is 10.1. The number of nitrogen functional groups attached to an aromatic ring is 2. The van der Waals surface area contributed by atoms with Crippen LogP contribution in [0.25, 0.3) is 0 Å². The lowest BCUT2D eigenvalue weighted by Gasteiger charge is -2.28. The number of nitrogens with two attached hydrogens (primary N) is 2. The SMILES string of the molecule is Cc1c(C)c(N)c2c(c1N)CC(C)CN2. The van der Waals surface area contributed by atoms with Crippen molar-refractivity contribution in [2.24, 2.45) is 5.92 Å². The van der Waals surface area contributed by atoms with Crippen molar-refractivity contribution in [1.82, 2.24) is 0 Å². The van der Waals surface area contributed by atoms with E-state index in [0.717, 1.165) is 41.2 Å². The highest BCUT2D eigenvalue weighted by Crippen LogP contribution is 2.39. The van der Waals surface area contributed by atoms with E-state index >= 15 is 0 Å². The fourth-order valence-corrected chi connectivity index (χ4v) is 2.23. The van der Waals surface area contributed by atoms with Gasteiger partial charge in [0, 0.05) is 17.8 Å². The van der Waals surface area contributed by atoms with E-state index in [1.165, 1.54) is 5.56 Å². The summed E-state index contributed by atoms with van der Waals surface area (Å²) in [6.07, 6.45) is 1.03. The molecule has 1 unspecified atom stereocenters. The molecule has 82 valence electrons. The second-order valence-corrected chi connectivity index (χ2v) is 4.62. The summed E-state index contributed by atoms with van der Waals surface area (Å²) in [5.74, 6) is 0.626. The number of benzene rings is 1. The molecule has 15 heavy (non-hydrogen) atoms. The summed E-state index contributed by atoms with van der Waals surface area (Å²) in [5, 5.41) is 3.38. The van der Waals surface area contributed by atoms with Crippen LogP contribution in [0.2, 0.25) is 0 Å². The molecule has 1 heterocycles. The fraction of sp³-hybridized carbons (Fsp3) is 0.500. The Balaban J connectivity index is 2.65. The molecule has 0 saturated carbocycles. The van der Waals surface area contributed by atoms with Crippen molar-refractivity contribution >= 4 is 17.1 Å². The van der Waals surface area contributed by atoms with Gasteiger partial charge in [-0.3, -0.25) is 0 Å². The van der Waals surface area contributed by atoms with Gasteiger partial charge in [-0.25, -0.2) is 0 Å². The van der Waals surface area contributed by atoms with Crippen molar-refractivity contribution in [3.8, 4) is 0 Å². The van der Waals surface area contributed by atoms with E-state index in [0.29, 0.717) is 5.92 Å². The molecule has 1 aliphatic rings. The fourth-order valence-electron chi connectivity index (χ4n) is 2.23. The van der Waals surface area contributed by atoms with Gasteiger partial charge in [0.1, 0.15) is 0 Å². The summed E-state index contributed by atoms with van der Waals surface area (Å²) in [6, 6.07) is 0. The van der Waals surface area contributed by atoms with Crippen molar-refractivity contribution in [2.75, 3.05) is 23.3 Å². The quantitative estimate of drug-likeness (QED) is 0.568. The maximum absolute atomic E-state index is 6.14. The topological polar surface area (TPSA) is 64.1 Å². The Morgan fingerprint density at radius 1 is 1.13 bits per heavy atom. The lowest BCUT2D eigenvalue weighted by molar-refractivity contribution is 0.596. The lowest BCUT2D eigenvalue weighted by Crippen LogP contribution is -2.23. The second kappa shape index (κ2) is 3.33. The molecule has 0 fully saturated rings. The zero-order chi connectivity index (χ0) is 11.2. The molecule has 1 atom stereocenters. The maximum Gasteiger partial charge on any atom is 0.0630 e. The van der Waals surface area contributed by atoms with Crippen LogP contribution in [0, 0.1) is 19.8 Å². The van der Waals surface area contributed by atoms with E-state index in [9.17, 15) is 0 Å². The van der Waals surface area contributed by atoms with Gasteiger partial charge in [0.15, 0.2) is 0 Å². The summed E-state index contributed by atoms with van der Waals surface area (Å²) in [4.78, 5) is 0. The number of rotatable bonds is 0. The van der Waals surface area contributed by atoms with Crippen LogP contribution < -0.4 is 16.8 Å².